The zero-order valence-corrected chi connectivity index (χ0v) is 12.1. The number of carboxylic acids is 1. The number of fused-ring (bicyclic) bond motifs is 1. The van der Waals surface area contributed by atoms with Crippen LogP contribution in [0.15, 0.2) is 24.3 Å². The number of rotatable bonds is 1. The van der Waals surface area contributed by atoms with E-state index in [1.165, 1.54) is 4.90 Å². The van der Waals surface area contributed by atoms with Crippen LogP contribution in [0.3, 0.4) is 0 Å². The van der Waals surface area contributed by atoms with Crippen molar-refractivity contribution in [2.45, 2.75) is 45.3 Å². The van der Waals surface area contributed by atoms with Gasteiger partial charge in [0.25, 0.3) is 0 Å². The van der Waals surface area contributed by atoms with E-state index in [4.69, 9.17) is 4.74 Å². The Morgan fingerprint density at radius 3 is 2.45 bits per heavy atom. The molecule has 1 aromatic carbocycles. The van der Waals surface area contributed by atoms with E-state index in [9.17, 15) is 14.7 Å². The Labute approximate surface area is 118 Å². The van der Waals surface area contributed by atoms with Gasteiger partial charge in [-0.2, -0.15) is 0 Å². The summed E-state index contributed by atoms with van der Waals surface area (Å²) < 4.78 is 5.35. The monoisotopic (exact) mass is 277 g/mol. The lowest BCUT2D eigenvalue weighted by molar-refractivity contribution is -0.142. The van der Waals surface area contributed by atoms with Crippen molar-refractivity contribution in [3.63, 3.8) is 0 Å². The molecule has 1 N–H and O–H groups in total. The Balaban J connectivity index is 2.45. The number of hydrogen-bond donors (Lipinski definition) is 1. The van der Waals surface area contributed by atoms with Crippen LogP contribution in [-0.2, 0) is 16.0 Å². The van der Waals surface area contributed by atoms with Crippen LogP contribution in [0.1, 0.15) is 33.3 Å². The third-order valence-corrected chi connectivity index (χ3v) is 3.30. The predicted molar refractivity (Wildman–Crippen MR) is 74.9 cm³/mol. The molecule has 0 bridgehead atoms. The quantitative estimate of drug-likeness (QED) is 0.857. The number of amides is 1. The summed E-state index contributed by atoms with van der Waals surface area (Å²) in [4.78, 5) is 25.3. The van der Waals surface area contributed by atoms with E-state index in [1.54, 1.807) is 39.8 Å². The molecule has 1 atom stereocenters. The van der Waals surface area contributed by atoms with Crippen LogP contribution in [0.2, 0.25) is 0 Å². The van der Waals surface area contributed by atoms with Gasteiger partial charge in [-0.1, -0.05) is 18.2 Å². The number of anilines is 1. The number of hydrogen-bond acceptors (Lipinski definition) is 3. The maximum Gasteiger partial charge on any atom is 0.415 e. The minimum Gasteiger partial charge on any atom is -0.479 e. The van der Waals surface area contributed by atoms with Crippen molar-refractivity contribution in [2.24, 2.45) is 0 Å². The van der Waals surface area contributed by atoms with Crippen molar-refractivity contribution in [1.82, 2.24) is 0 Å². The van der Waals surface area contributed by atoms with Crippen molar-refractivity contribution in [1.29, 1.82) is 0 Å². The standard InChI is InChI=1S/C15H19NO4/c1-14(2,3)20-13(19)16-11-8-6-5-7-10(11)9-15(16,4)12(17)18/h5-8H,9H2,1-4H3,(H,17,18). The molecular formula is C15H19NO4. The third kappa shape index (κ3) is 2.35. The highest BCUT2D eigenvalue weighted by atomic mass is 16.6. The van der Waals surface area contributed by atoms with E-state index in [0.717, 1.165) is 5.56 Å². The van der Waals surface area contributed by atoms with E-state index in [2.05, 4.69) is 0 Å². The highest BCUT2D eigenvalue weighted by Gasteiger charge is 2.50. The SMILES string of the molecule is CC(C)(C)OC(=O)N1c2ccccc2CC1(C)C(=O)O. The smallest absolute Gasteiger partial charge is 0.415 e. The van der Waals surface area contributed by atoms with Crippen LogP contribution in [0.25, 0.3) is 0 Å². The van der Waals surface area contributed by atoms with Crippen LogP contribution in [0, 0.1) is 0 Å². The first-order chi connectivity index (χ1) is 9.15. The molecule has 5 nitrogen and oxygen atoms in total. The van der Waals surface area contributed by atoms with Crippen LogP contribution < -0.4 is 4.90 Å². The van der Waals surface area contributed by atoms with Crippen LogP contribution in [-0.4, -0.2) is 28.3 Å². The van der Waals surface area contributed by atoms with Gasteiger partial charge in [-0.3, -0.25) is 4.90 Å². The first-order valence-electron chi connectivity index (χ1n) is 6.50. The largest absolute Gasteiger partial charge is 0.479 e. The predicted octanol–water partition coefficient (Wildman–Crippen LogP) is 2.83. The number of ether oxygens (including phenoxy) is 1. The number of carbonyl (C=O) groups is 2. The molecule has 0 aliphatic carbocycles. The number of aliphatic carboxylic acids is 1. The summed E-state index contributed by atoms with van der Waals surface area (Å²) in [7, 11) is 0. The highest BCUT2D eigenvalue weighted by Crippen LogP contribution is 2.39. The Kier molecular flexibility index (Phi) is 3.24. The fourth-order valence-corrected chi connectivity index (χ4v) is 2.37. The van der Waals surface area contributed by atoms with Gasteiger partial charge in [-0.15, -0.1) is 0 Å². The van der Waals surface area contributed by atoms with Gasteiger partial charge in [0.2, 0.25) is 0 Å². The first-order valence-corrected chi connectivity index (χ1v) is 6.50. The molecule has 0 fully saturated rings. The fraction of sp³-hybridized carbons (Fsp3) is 0.467. The molecule has 1 aliphatic heterocycles. The lowest BCUT2D eigenvalue weighted by atomic mass is 9.97. The summed E-state index contributed by atoms with van der Waals surface area (Å²) in [5.41, 5.74) is -0.546. The second kappa shape index (κ2) is 4.51. The zero-order valence-electron chi connectivity index (χ0n) is 12.1. The summed E-state index contributed by atoms with van der Waals surface area (Å²) in [6, 6.07) is 7.19. The van der Waals surface area contributed by atoms with Crippen molar-refractivity contribution in [2.75, 3.05) is 4.90 Å². The minimum atomic E-state index is -1.31. The molecule has 5 heteroatoms. The average Bonchev–Trinajstić information content (AvgIpc) is 2.60. The summed E-state index contributed by atoms with van der Waals surface area (Å²) in [6.07, 6.45) is -0.357. The number of carbonyl (C=O) groups excluding carboxylic acids is 1. The van der Waals surface area contributed by atoms with E-state index >= 15 is 0 Å². The zero-order chi connectivity index (χ0) is 15.1. The minimum absolute atomic E-state index is 0.276. The third-order valence-electron chi connectivity index (χ3n) is 3.30. The molecular weight excluding hydrogens is 258 g/mol. The van der Waals surface area contributed by atoms with Gasteiger partial charge < -0.3 is 9.84 Å². The Hall–Kier alpha value is -2.04. The van der Waals surface area contributed by atoms with E-state index < -0.39 is 23.2 Å². The van der Waals surface area contributed by atoms with E-state index in [0.29, 0.717) is 5.69 Å². The second-order valence-electron chi connectivity index (χ2n) is 6.20. The molecule has 1 unspecified atom stereocenters. The van der Waals surface area contributed by atoms with Crippen molar-refractivity contribution < 1.29 is 19.4 Å². The summed E-state index contributed by atoms with van der Waals surface area (Å²) in [5.74, 6) is -1.04. The molecule has 0 aromatic heterocycles. The second-order valence-corrected chi connectivity index (χ2v) is 6.20. The average molecular weight is 277 g/mol. The molecule has 1 aromatic rings. The fourth-order valence-electron chi connectivity index (χ4n) is 2.37. The van der Waals surface area contributed by atoms with E-state index in [1.807, 2.05) is 12.1 Å². The van der Waals surface area contributed by atoms with Crippen molar-refractivity contribution >= 4 is 17.7 Å². The first kappa shape index (κ1) is 14.4. The van der Waals surface area contributed by atoms with Crippen LogP contribution >= 0.6 is 0 Å². The van der Waals surface area contributed by atoms with Crippen LogP contribution in [0.5, 0.6) is 0 Å². The van der Waals surface area contributed by atoms with Gasteiger partial charge in [-0.25, -0.2) is 9.59 Å². The molecule has 2 rings (SSSR count). The number of para-hydroxylation sites is 1. The van der Waals surface area contributed by atoms with Crippen molar-refractivity contribution in [3.05, 3.63) is 29.8 Å². The lowest BCUT2D eigenvalue weighted by Gasteiger charge is -2.33. The van der Waals surface area contributed by atoms with Gasteiger partial charge in [0.05, 0.1) is 5.69 Å². The molecule has 1 amide bonds. The van der Waals surface area contributed by atoms with Gasteiger partial charge in [0.15, 0.2) is 0 Å². The van der Waals surface area contributed by atoms with Crippen LogP contribution in [0.4, 0.5) is 10.5 Å². The Morgan fingerprint density at radius 1 is 1.30 bits per heavy atom. The Bertz CT molecular complexity index is 561. The topological polar surface area (TPSA) is 66.8 Å². The maximum atomic E-state index is 12.4. The van der Waals surface area contributed by atoms with E-state index in [-0.39, 0.29) is 6.42 Å². The molecule has 0 saturated heterocycles. The van der Waals surface area contributed by atoms with Gasteiger partial charge >= 0.3 is 12.1 Å². The molecule has 20 heavy (non-hydrogen) atoms. The van der Waals surface area contributed by atoms with Gasteiger partial charge in [-0.05, 0) is 39.3 Å². The number of nitrogens with zero attached hydrogens (tertiary/aromatic N) is 1. The number of benzene rings is 1. The molecule has 1 aliphatic rings. The van der Waals surface area contributed by atoms with Gasteiger partial charge in [0.1, 0.15) is 11.1 Å². The summed E-state index contributed by atoms with van der Waals surface area (Å²) >= 11 is 0. The molecule has 1 heterocycles. The molecule has 0 spiro atoms. The molecule has 0 radical (unpaired) electrons. The van der Waals surface area contributed by atoms with Gasteiger partial charge in [0, 0.05) is 6.42 Å². The number of carboxylic acid groups (broad SMARTS) is 1. The Morgan fingerprint density at radius 2 is 1.90 bits per heavy atom. The summed E-state index contributed by atoms with van der Waals surface area (Å²) in [6.45, 7) is 6.81. The maximum absolute atomic E-state index is 12.4. The highest BCUT2D eigenvalue weighted by molar-refractivity contribution is 6.01. The van der Waals surface area contributed by atoms with Crippen molar-refractivity contribution in [3.8, 4) is 0 Å². The molecule has 108 valence electrons. The normalized spacial score (nSPS) is 21.5. The summed E-state index contributed by atoms with van der Waals surface area (Å²) in [5, 5.41) is 9.51. The lowest BCUT2D eigenvalue weighted by Crippen LogP contribution is -2.54. The molecule has 0 saturated carbocycles.